The van der Waals surface area contributed by atoms with Gasteiger partial charge in [0.05, 0.1) is 5.69 Å². The topological polar surface area (TPSA) is 55.6 Å². The highest BCUT2D eigenvalue weighted by Gasteiger charge is 2.33. The first-order valence-electron chi connectivity index (χ1n) is 7.22. The monoisotopic (exact) mass is 276 g/mol. The number of carbonyl (C=O) groups is 1. The molecule has 0 saturated carbocycles. The summed E-state index contributed by atoms with van der Waals surface area (Å²) < 4.78 is 5.56. The highest BCUT2D eigenvalue weighted by Crippen LogP contribution is 2.32. The lowest BCUT2D eigenvalue weighted by Gasteiger charge is -2.38. The van der Waals surface area contributed by atoms with Crippen molar-refractivity contribution in [3.05, 3.63) is 29.8 Å². The quantitative estimate of drug-likeness (QED) is 0.903. The molecule has 4 nitrogen and oxygen atoms in total. The summed E-state index contributed by atoms with van der Waals surface area (Å²) in [5.74, 6) is 0. The van der Waals surface area contributed by atoms with E-state index in [1.165, 1.54) is 5.56 Å². The molecule has 20 heavy (non-hydrogen) atoms. The minimum Gasteiger partial charge on any atom is -0.443 e. The van der Waals surface area contributed by atoms with E-state index >= 15 is 0 Å². The van der Waals surface area contributed by atoms with E-state index in [4.69, 9.17) is 10.5 Å². The zero-order chi connectivity index (χ0) is 14.8. The minimum atomic E-state index is -0.489. The highest BCUT2D eigenvalue weighted by atomic mass is 16.6. The third-order valence-electron chi connectivity index (χ3n) is 3.45. The van der Waals surface area contributed by atoms with Crippen LogP contribution in [0.15, 0.2) is 24.3 Å². The maximum atomic E-state index is 12.5. The van der Waals surface area contributed by atoms with Crippen molar-refractivity contribution in [1.29, 1.82) is 0 Å². The van der Waals surface area contributed by atoms with Gasteiger partial charge in [-0.2, -0.15) is 0 Å². The van der Waals surface area contributed by atoms with Gasteiger partial charge in [0.25, 0.3) is 0 Å². The van der Waals surface area contributed by atoms with Crippen LogP contribution in [0, 0.1) is 0 Å². The number of ether oxygens (including phenoxy) is 1. The molecule has 0 radical (unpaired) electrons. The van der Waals surface area contributed by atoms with Crippen LogP contribution in [0.25, 0.3) is 0 Å². The second-order valence-corrected chi connectivity index (χ2v) is 6.25. The zero-order valence-electron chi connectivity index (χ0n) is 12.6. The van der Waals surface area contributed by atoms with Gasteiger partial charge in [0.2, 0.25) is 0 Å². The van der Waals surface area contributed by atoms with E-state index in [0.717, 1.165) is 24.9 Å². The third kappa shape index (κ3) is 3.31. The fourth-order valence-electron chi connectivity index (χ4n) is 2.63. The Morgan fingerprint density at radius 1 is 1.40 bits per heavy atom. The maximum absolute atomic E-state index is 12.5. The van der Waals surface area contributed by atoms with E-state index in [1.807, 2.05) is 39.0 Å². The van der Waals surface area contributed by atoms with Gasteiger partial charge in [0, 0.05) is 6.04 Å². The molecule has 2 rings (SSSR count). The average Bonchev–Trinajstić information content (AvgIpc) is 2.36. The van der Waals surface area contributed by atoms with Crippen LogP contribution in [0.1, 0.15) is 39.2 Å². The van der Waals surface area contributed by atoms with Crippen molar-refractivity contribution in [2.75, 3.05) is 11.4 Å². The molecule has 0 unspecified atom stereocenters. The third-order valence-corrected chi connectivity index (χ3v) is 3.45. The van der Waals surface area contributed by atoms with Crippen LogP contribution < -0.4 is 10.6 Å². The number of carbonyl (C=O) groups excluding carboxylic acids is 1. The van der Waals surface area contributed by atoms with Crippen LogP contribution in [0.5, 0.6) is 0 Å². The minimum absolute atomic E-state index is 0.129. The second kappa shape index (κ2) is 5.83. The Bertz CT molecular complexity index is 480. The molecule has 1 aromatic rings. The molecule has 0 fully saturated rings. The predicted octanol–water partition coefficient (Wildman–Crippen LogP) is 3.09. The molecule has 110 valence electrons. The van der Waals surface area contributed by atoms with Gasteiger partial charge < -0.3 is 10.5 Å². The van der Waals surface area contributed by atoms with Crippen LogP contribution in [-0.4, -0.2) is 24.3 Å². The summed E-state index contributed by atoms with van der Waals surface area (Å²) >= 11 is 0. The van der Waals surface area contributed by atoms with Crippen molar-refractivity contribution in [1.82, 2.24) is 0 Å². The summed E-state index contributed by atoms with van der Waals surface area (Å²) in [4.78, 5) is 14.3. The number of hydrogen-bond donors (Lipinski definition) is 1. The first kappa shape index (κ1) is 14.9. The average molecular weight is 276 g/mol. The molecule has 4 heteroatoms. The number of rotatable bonds is 2. The van der Waals surface area contributed by atoms with Crippen molar-refractivity contribution >= 4 is 11.8 Å². The number of fused-ring (bicyclic) bond motifs is 1. The molecule has 2 N–H and O–H groups in total. The van der Waals surface area contributed by atoms with Crippen LogP contribution >= 0.6 is 0 Å². The van der Waals surface area contributed by atoms with Crippen LogP contribution in [0.3, 0.4) is 0 Å². The molecule has 0 spiro atoms. The summed E-state index contributed by atoms with van der Waals surface area (Å²) in [7, 11) is 0. The predicted molar refractivity (Wildman–Crippen MR) is 80.9 cm³/mol. The van der Waals surface area contributed by atoms with Gasteiger partial charge in [-0.3, -0.25) is 4.90 Å². The van der Waals surface area contributed by atoms with Gasteiger partial charge in [-0.1, -0.05) is 18.2 Å². The zero-order valence-corrected chi connectivity index (χ0v) is 12.6. The van der Waals surface area contributed by atoms with Crippen molar-refractivity contribution in [3.63, 3.8) is 0 Å². The number of nitrogens with zero attached hydrogens (tertiary/aromatic N) is 1. The molecule has 0 aromatic heterocycles. The van der Waals surface area contributed by atoms with E-state index in [-0.39, 0.29) is 12.1 Å². The number of amides is 1. The molecule has 1 atom stereocenters. The van der Waals surface area contributed by atoms with Crippen molar-refractivity contribution in [3.8, 4) is 0 Å². The van der Waals surface area contributed by atoms with E-state index in [2.05, 4.69) is 6.07 Å². The summed E-state index contributed by atoms with van der Waals surface area (Å²) in [5.41, 5.74) is 7.37. The summed E-state index contributed by atoms with van der Waals surface area (Å²) in [6, 6.07) is 8.16. The molecule has 1 heterocycles. The molecule has 1 aromatic carbocycles. The van der Waals surface area contributed by atoms with Crippen molar-refractivity contribution in [2.24, 2.45) is 5.73 Å². The van der Waals surface area contributed by atoms with E-state index in [1.54, 1.807) is 4.90 Å². The fourth-order valence-corrected chi connectivity index (χ4v) is 2.63. The van der Waals surface area contributed by atoms with Gasteiger partial charge in [-0.25, -0.2) is 4.79 Å². The molecule has 1 aliphatic heterocycles. The van der Waals surface area contributed by atoms with E-state index in [0.29, 0.717) is 6.54 Å². The summed E-state index contributed by atoms with van der Waals surface area (Å²) in [6.45, 7) is 6.24. The van der Waals surface area contributed by atoms with E-state index < -0.39 is 5.60 Å². The van der Waals surface area contributed by atoms with Gasteiger partial charge in [-0.05, 0) is 58.2 Å². The molecule has 0 saturated heterocycles. The second-order valence-electron chi connectivity index (χ2n) is 6.25. The fraction of sp³-hybridized carbons (Fsp3) is 0.562. The Morgan fingerprint density at radius 3 is 2.75 bits per heavy atom. The molecular weight excluding hydrogens is 252 g/mol. The number of aryl methyl sites for hydroxylation is 1. The number of nitrogens with two attached hydrogens (primary N) is 1. The van der Waals surface area contributed by atoms with Crippen LogP contribution in [0.4, 0.5) is 10.5 Å². The largest absolute Gasteiger partial charge is 0.443 e. The standard InChI is InChI=1S/C16H24N2O2/c1-16(2,3)20-15(19)18-13(10-11-17)9-8-12-6-4-5-7-14(12)18/h4-7,13H,8-11,17H2,1-3H3/t13-/m1/s1. The van der Waals surface area contributed by atoms with Gasteiger partial charge in [0.1, 0.15) is 5.60 Å². The Balaban J connectivity index is 2.31. The van der Waals surface area contributed by atoms with Crippen LogP contribution in [0.2, 0.25) is 0 Å². The number of anilines is 1. The highest BCUT2D eigenvalue weighted by molar-refractivity contribution is 5.90. The summed E-state index contributed by atoms with van der Waals surface area (Å²) in [6.07, 6.45) is 2.45. The molecule has 1 aliphatic rings. The Morgan fingerprint density at radius 2 is 2.10 bits per heavy atom. The number of benzene rings is 1. The lowest BCUT2D eigenvalue weighted by atomic mass is 9.94. The molecule has 0 bridgehead atoms. The van der Waals surface area contributed by atoms with Crippen molar-refractivity contribution in [2.45, 2.75) is 51.7 Å². The number of para-hydroxylation sites is 1. The summed E-state index contributed by atoms with van der Waals surface area (Å²) in [5, 5.41) is 0. The lowest BCUT2D eigenvalue weighted by molar-refractivity contribution is 0.0559. The first-order valence-corrected chi connectivity index (χ1v) is 7.22. The SMILES string of the molecule is CC(C)(C)OC(=O)N1c2ccccc2CC[C@@H]1CCN. The van der Waals surface area contributed by atoms with Gasteiger partial charge in [0.15, 0.2) is 0 Å². The number of hydrogen-bond acceptors (Lipinski definition) is 3. The molecule has 1 amide bonds. The Labute approximate surface area is 120 Å². The molecular formula is C16H24N2O2. The van der Waals surface area contributed by atoms with Crippen LogP contribution in [-0.2, 0) is 11.2 Å². The van der Waals surface area contributed by atoms with Crippen molar-refractivity contribution < 1.29 is 9.53 Å². The smallest absolute Gasteiger partial charge is 0.415 e. The normalized spacial score (nSPS) is 18.6. The van der Waals surface area contributed by atoms with Gasteiger partial charge in [-0.15, -0.1) is 0 Å². The lowest BCUT2D eigenvalue weighted by Crippen LogP contribution is -2.47. The van der Waals surface area contributed by atoms with E-state index in [9.17, 15) is 4.79 Å². The Hall–Kier alpha value is -1.55. The Kier molecular flexibility index (Phi) is 4.33. The maximum Gasteiger partial charge on any atom is 0.415 e. The van der Waals surface area contributed by atoms with Gasteiger partial charge >= 0.3 is 6.09 Å². The molecule has 0 aliphatic carbocycles. The first-order chi connectivity index (χ1) is 9.42.